The lowest BCUT2D eigenvalue weighted by molar-refractivity contribution is -0.138. The average Bonchev–Trinajstić information content (AvgIpc) is 3.60. The molecule has 1 saturated carbocycles. The number of para-hydroxylation sites is 1. The van der Waals surface area contributed by atoms with Crippen LogP contribution >= 0.6 is 12.2 Å². The number of aryl methyl sites for hydroxylation is 1. The van der Waals surface area contributed by atoms with E-state index in [2.05, 4.69) is 15.4 Å². The number of anilines is 2. The minimum absolute atomic E-state index is 0.0183. The monoisotopic (exact) mass is 857 g/mol. The van der Waals surface area contributed by atoms with Crippen LogP contribution in [0.15, 0.2) is 30.5 Å². The number of halogens is 5. The summed E-state index contributed by atoms with van der Waals surface area (Å²) in [5, 5.41) is 16.6. The normalized spacial score (nSPS) is 23.6. The first kappa shape index (κ1) is 43.0. The molecule has 1 atom stereocenters. The number of likely N-dealkylation sites (tertiary alicyclic amines) is 1. The van der Waals surface area contributed by atoms with E-state index in [4.69, 9.17) is 22.2 Å². The van der Waals surface area contributed by atoms with Crippen LogP contribution in [0.5, 0.6) is 0 Å². The zero-order valence-corrected chi connectivity index (χ0v) is 34.0. The van der Waals surface area contributed by atoms with Gasteiger partial charge in [0.25, 0.3) is 11.8 Å². The smallest absolute Gasteiger partial charge is 0.378 e. The molecule has 7 rings (SSSR count). The molecule has 20 heteroatoms. The lowest BCUT2D eigenvalue weighted by atomic mass is 9.88. The van der Waals surface area contributed by atoms with E-state index in [1.165, 1.54) is 15.9 Å². The summed E-state index contributed by atoms with van der Waals surface area (Å²) < 4.78 is 79.7. The maximum absolute atomic E-state index is 15.5. The van der Waals surface area contributed by atoms with Crippen LogP contribution in [-0.2, 0) is 38.8 Å². The number of carbonyl (C=O) groups excluding carboxylic acids is 4. The summed E-state index contributed by atoms with van der Waals surface area (Å²) in [4.78, 5) is 60.3. The first-order chi connectivity index (χ1) is 28.3. The Kier molecular flexibility index (Phi) is 11.7. The van der Waals surface area contributed by atoms with Gasteiger partial charge in [0.1, 0.15) is 11.6 Å². The van der Waals surface area contributed by atoms with E-state index in [0.29, 0.717) is 60.6 Å². The van der Waals surface area contributed by atoms with Crippen molar-refractivity contribution in [3.63, 3.8) is 0 Å². The van der Waals surface area contributed by atoms with Gasteiger partial charge in [-0.05, 0) is 88.8 Å². The minimum atomic E-state index is -4.87. The SMILES string of the molecule is Cn1nc(N2CCC(=O)NC2=O)c2cccc(CC(=O)CN3CCC(CCOC4CCC(N5C(=S)N(c6cnc(C#N)c(C(F)(F)F)c6)C(=O)C5(C)C)CC4)C(F)(F)C3)c21. The standard InChI is InChI=1S/C40H44F5N9O5S/c1-38(2)35(57)53(26-18-30(40(43,44)45)31(19-46)47-20-26)37(60)54(38)25-7-9-28(10-8-25)59-16-13-24-11-14-51(22-39(24,41)42)21-27(55)17-23-5-4-6-29-33(23)50(3)49-34(29)52-15-12-32(56)48-36(52)58/h4-6,18,20,24-25,28H,7-17,21-22H2,1-3H3,(H,48,56,58). The molecule has 14 nitrogen and oxygen atoms in total. The zero-order chi connectivity index (χ0) is 43.3. The number of hydrogen-bond acceptors (Lipinski definition) is 10. The van der Waals surface area contributed by atoms with E-state index in [9.17, 15) is 32.3 Å². The van der Waals surface area contributed by atoms with Crippen LogP contribution in [0.25, 0.3) is 10.9 Å². The largest absolute Gasteiger partial charge is 0.419 e. The Morgan fingerprint density at radius 3 is 2.50 bits per heavy atom. The number of nitrogens with one attached hydrogen (secondary N) is 1. The molecular formula is C40H44F5N9O5S. The fourth-order valence-corrected chi connectivity index (χ4v) is 9.52. The molecule has 0 spiro atoms. The van der Waals surface area contributed by atoms with Crippen molar-refractivity contribution in [2.45, 2.75) is 95.0 Å². The van der Waals surface area contributed by atoms with E-state index in [1.54, 1.807) is 48.7 Å². The number of nitriles is 1. The molecule has 3 aromatic rings. The van der Waals surface area contributed by atoms with Gasteiger partial charge in [0, 0.05) is 50.4 Å². The third-order valence-electron chi connectivity index (χ3n) is 11.9. The Balaban J connectivity index is 0.885. The van der Waals surface area contributed by atoms with Crippen LogP contribution in [0, 0.1) is 17.2 Å². The van der Waals surface area contributed by atoms with Crippen LogP contribution in [0.3, 0.4) is 0 Å². The summed E-state index contributed by atoms with van der Waals surface area (Å²) in [6, 6.07) is 6.63. The molecule has 1 unspecified atom stereocenters. The number of alkyl halides is 5. The van der Waals surface area contributed by atoms with E-state index in [1.807, 2.05) is 0 Å². The highest BCUT2D eigenvalue weighted by Gasteiger charge is 2.53. The summed E-state index contributed by atoms with van der Waals surface area (Å²) in [6.07, 6.45) is -1.41. The molecule has 2 aromatic heterocycles. The number of nitrogens with zero attached hydrogens (tertiary/aromatic N) is 8. The Morgan fingerprint density at radius 2 is 1.83 bits per heavy atom. The van der Waals surface area contributed by atoms with Gasteiger partial charge in [0.05, 0.1) is 42.2 Å². The Labute approximate surface area is 347 Å². The molecule has 1 aliphatic carbocycles. The number of amides is 4. The van der Waals surface area contributed by atoms with Crippen molar-refractivity contribution in [1.29, 1.82) is 5.26 Å². The van der Waals surface area contributed by atoms with Gasteiger partial charge in [-0.2, -0.15) is 23.5 Å². The number of benzene rings is 1. The lowest BCUT2D eigenvalue weighted by Gasteiger charge is -2.41. The number of ketones is 1. The number of fused-ring (bicyclic) bond motifs is 1. The number of imide groups is 1. The molecule has 0 bridgehead atoms. The van der Waals surface area contributed by atoms with Gasteiger partial charge in [0.15, 0.2) is 22.4 Å². The van der Waals surface area contributed by atoms with Gasteiger partial charge in [-0.1, -0.05) is 12.1 Å². The highest BCUT2D eigenvalue weighted by molar-refractivity contribution is 7.80. The highest BCUT2D eigenvalue weighted by atomic mass is 32.1. The van der Waals surface area contributed by atoms with Crippen molar-refractivity contribution >= 4 is 63.4 Å². The predicted octanol–water partition coefficient (Wildman–Crippen LogP) is 5.50. The first-order valence-corrected chi connectivity index (χ1v) is 20.2. The summed E-state index contributed by atoms with van der Waals surface area (Å²) >= 11 is 5.66. The predicted molar refractivity (Wildman–Crippen MR) is 211 cm³/mol. The fraction of sp³-hybridized carbons (Fsp3) is 0.550. The van der Waals surface area contributed by atoms with Crippen molar-refractivity contribution in [3.05, 3.63) is 47.3 Å². The fourth-order valence-electron chi connectivity index (χ4n) is 8.95. The molecule has 1 N–H and O–H groups in total. The van der Waals surface area contributed by atoms with Gasteiger partial charge in [0.2, 0.25) is 5.91 Å². The molecule has 4 aliphatic rings. The Bertz CT molecular complexity index is 2270. The van der Waals surface area contributed by atoms with Crippen molar-refractivity contribution in [3.8, 4) is 6.07 Å². The summed E-state index contributed by atoms with van der Waals surface area (Å²) in [5.74, 6) is -4.75. The van der Waals surface area contributed by atoms with Crippen LogP contribution < -0.4 is 15.1 Å². The number of piperidine rings is 1. The van der Waals surface area contributed by atoms with Gasteiger partial charge < -0.3 is 9.64 Å². The molecule has 4 fully saturated rings. The number of Topliss-reactive ketones (excluding diaryl/α,β-unsaturated/α-hetero) is 1. The average molecular weight is 858 g/mol. The number of thiocarbonyl (C=S) groups is 1. The number of hydrogen-bond donors (Lipinski definition) is 1. The van der Waals surface area contributed by atoms with E-state index < -0.39 is 53.3 Å². The summed E-state index contributed by atoms with van der Waals surface area (Å²) in [7, 11) is 1.69. The molecule has 3 aliphatic heterocycles. The van der Waals surface area contributed by atoms with Crippen LogP contribution in [0.1, 0.15) is 75.6 Å². The molecule has 5 heterocycles. The van der Waals surface area contributed by atoms with Crippen molar-refractivity contribution < 1.29 is 45.9 Å². The second-order valence-electron chi connectivity index (χ2n) is 16.3. The second kappa shape index (κ2) is 16.4. The van der Waals surface area contributed by atoms with Crippen LogP contribution in [0.4, 0.5) is 38.3 Å². The van der Waals surface area contributed by atoms with Gasteiger partial charge in [-0.15, -0.1) is 0 Å². The minimum Gasteiger partial charge on any atom is -0.378 e. The molecule has 60 heavy (non-hydrogen) atoms. The van der Waals surface area contributed by atoms with E-state index >= 15 is 8.78 Å². The second-order valence-corrected chi connectivity index (χ2v) is 16.7. The van der Waals surface area contributed by atoms with Gasteiger partial charge in [-0.3, -0.25) is 39.1 Å². The number of urea groups is 1. The van der Waals surface area contributed by atoms with Crippen molar-refractivity contribution in [2.75, 3.05) is 42.6 Å². The summed E-state index contributed by atoms with van der Waals surface area (Å²) in [5.41, 5.74) is -2.15. The maximum atomic E-state index is 15.5. The Morgan fingerprint density at radius 1 is 1.10 bits per heavy atom. The highest BCUT2D eigenvalue weighted by Crippen LogP contribution is 2.41. The third-order valence-corrected chi connectivity index (χ3v) is 12.3. The lowest BCUT2D eigenvalue weighted by Crippen LogP contribution is -2.51. The third kappa shape index (κ3) is 8.31. The molecule has 320 valence electrons. The first-order valence-electron chi connectivity index (χ1n) is 19.7. The van der Waals surface area contributed by atoms with Crippen LogP contribution in [0.2, 0.25) is 0 Å². The van der Waals surface area contributed by atoms with Crippen LogP contribution in [-0.4, -0.2) is 110 Å². The number of ether oxygens (including phenoxy) is 1. The number of carbonyl (C=O) groups is 4. The molecule has 3 saturated heterocycles. The number of aromatic nitrogens is 3. The van der Waals surface area contributed by atoms with Crippen molar-refractivity contribution in [1.82, 2.24) is 29.9 Å². The van der Waals surface area contributed by atoms with Crippen molar-refractivity contribution in [2.24, 2.45) is 13.0 Å². The molecule has 4 amide bonds. The van der Waals surface area contributed by atoms with E-state index in [0.717, 1.165) is 11.1 Å². The van der Waals surface area contributed by atoms with E-state index in [-0.39, 0.29) is 80.0 Å². The van der Waals surface area contributed by atoms with Gasteiger partial charge >= 0.3 is 12.2 Å². The van der Waals surface area contributed by atoms with Gasteiger partial charge in [-0.25, -0.2) is 18.6 Å². The topological polar surface area (TPSA) is 157 Å². The zero-order valence-electron chi connectivity index (χ0n) is 33.2. The quantitative estimate of drug-likeness (QED) is 0.192. The molecular weight excluding hydrogens is 814 g/mol. The number of pyridine rings is 1. The molecule has 0 radical (unpaired) electrons. The maximum Gasteiger partial charge on any atom is 0.419 e. The molecule has 1 aromatic carbocycles. The Hall–Kier alpha value is -5.13. The number of rotatable bonds is 11. The summed E-state index contributed by atoms with van der Waals surface area (Å²) in [6.45, 7) is 3.19.